The number of nitrogens with zero attached hydrogens (tertiary/aromatic N) is 2. The first-order valence-electron chi connectivity index (χ1n) is 8.14. The molecule has 0 saturated heterocycles. The van der Waals surface area contributed by atoms with Gasteiger partial charge in [-0.3, -0.25) is 4.79 Å². The van der Waals surface area contributed by atoms with Crippen LogP contribution in [0.3, 0.4) is 0 Å². The number of rotatable bonds is 7. The summed E-state index contributed by atoms with van der Waals surface area (Å²) in [6.45, 7) is -2.52. The number of fused-ring (bicyclic) bond motifs is 1. The second-order valence-corrected chi connectivity index (χ2v) is 6.55. The van der Waals surface area contributed by atoms with E-state index >= 15 is 0 Å². The summed E-state index contributed by atoms with van der Waals surface area (Å²) in [7, 11) is 0. The van der Waals surface area contributed by atoms with E-state index in [4.69, 9.17) is 0 Å². The zero-order chi connectivity index (χ0) is 19.2. The quantitative estimate of drug-likeness (QED) is 0.569. The monoisotopic (exact) mass is 435 g/mol. The molecule has 140 valence electrons. The number of carbonyl (C=O) groups excluding carboxylic acids is 1. The fourth-order valence-corrected chi connectivity index (χ4v) is 2.88. The maximum atomic E-state index is 12.5. The third-order valence-corrected chi connectivity index (χ3v) is 4.19. The molecule has 0 fully saturated rings. The largest absolute Gasteiger partial charge is 0.434 e. The van der Waals surface area contributed by atoms with E-state index in [2.05, 4.69) is 31.0 Å². The lowest BCUT2D eigenvalue weighted by Crippen LogP contribution is -2.23. The summed E-state index contributed by atoms with van der Waals surface area (Å²) in [6.07, 6.45) is 7.11. The number of benzene rings is 1. The zero-order valence-electron chi connectivity index (χ0n) is 14.1. The molecule has 2 heterocycles. The SMILES string of the molecule is O=C(/C=C/c1cc(Br)ccc1OC(F)F)NCCc1cn2ccccc2n1. The van der Waals surface area contributed by atoms with E-state index in [1.807, 2.05) is 35.0 Å². The molecule has 2 aromatic heterocycles. The highest BCUT2D eigenvalue weighted by atomic mass is 79.9. The number of hydrogen-bond donors (Lipinski definition) is 1. The summed E-state index contributed by atoms with van der Waals surface area (Å²) in [5.41, 5.74) is 2.09. The Hall–Kier alpha value is -2.74. The third-order valence-electron chi connectivity index (χ3n) is 3.70. The van der Waals surface area contributed by atoms with Gasteiger partial charge in [-0.1, -0.05) is 22.0 Å². The number of pyridine rings is 1. The van der Waals surface area contributed by atoms with Crippen molar-refractivity contribution in [1.29, 1.82) is 0 Å². The number of imidazole rings is 1. The molecule has 0 atom stereocenters. The number of alkyl halides is 2. The van der Waals surface area contributed by atoms with Crippen LogP contribution in [0.4, 0.5) is 8.78 Å². The van der Waals surface area contributed by atoms with Gasteiger partial charge >= 0.3 is 6.61 Å². The number of hydrogen-bond acceptors (Lipinski definition) is 3. The molecule has 0 aliphatic heterocycles. The molecule has 0 spiro atoms. The van der Waals surface area contributed by atoms with Gasteiger partial charge in [0.05, 0.1) is 5.69 Å². The van der Waals surface area contributed by atoms with Gasteiger partial charge in [-0.15, -0.1) is 0 Å². The molecule has 0 saturated carbocycles. The first-order valence-corrected chi connectivity index (χ1v) is 8.93. The summed E-state index contributed by atoms with van der Waals surface area (Å²) in [5.74, 6) is -0.330. The fraction of sp³-hybridized carbons (Fsp3) is 0.158. The minimum atomic E-state index is -2.93. The molecule has 0 bridgehead atoms. The number of carbonyl (C=O) groups is 1. The molecule has 3 rings (SSSR count). The van der Waals surface area contributed by atoms with Crippen molar-refractivity contribution in [3.05, 3.63) is 70.6 Å². The summed E-state index contributed by atoms with van der Waals surface area (Å²) in [6, 6.07) is 10.3. The van der Waals surface area contributed by atoms with Crippen LogP contribution in [0.25, 0.3) is 11.7 Å². The van der Waals surface area contributed by atoms with Gasteiger partial charge in [0, 0.05) is 41.5 Å². The highest BCUT2D eigenvalue weighted by Crippen LogP contribution is 2.25. The summed E-state index contributed by atoms with van der Waals surface area (Å²) in [4.78, 5) is 16.4. The van der Waals surface area contributed by atoms with Crippen LogP contribution in [0.2, 0.25) is 0 Å². The van der Waals surface area contributed by atoms with Gasteiger partial charge in [0.1, 0.15) is 11.4 Å². The van der Waals surface area contributed by atoms with Crippen molar-refractivity contribution >= 4 is 33.6 Å². The molecule has 0 unspecified atom stereocenters. The van der Waals surface area contributed by atoms with Gasteiger partial charge in [-0.25, -0.2) is 4.98 Å². The lowest BCUT2D eigenvalue weighted by Gasteiger charge is -2.08. The number of aromatic nitrogens is 2. The van der Waals surface area contributed by atoms with E-state index in [9.17, 15) is 13.6 Å². The molecular formula is C19H16BrF2N3O2. The predicted molar refractivity (Wildman–Crippen MR) is 102 cm³/mol. The topological polar surface area (TPSA) is 55.6 Å². The van der Waals surface area contributed by atoms with Crippen LogP contribution in [0.1, 0.15) is 11.3 Å². The van der Waals surface area contributed by atoms with Gasteiger partial charge in [0.15, 0.2) is 0 Å². The number of nitrogens with one attached hydrogen (secondary N) is 1. The average Bonchev–Trinajstić information content (AvgIpc) is 3.04. The maximum Gasteiger partial charge on any atom is 0.387 e. The van der Waals surface area contributed by atoms with E-state index in [-0.39, 0.29) is 11.7 Å². The Bertz CT molecular complexity index is 939. The molecule has 8 heteroatoms. The first kappa shape index (κ1) is 19.0. The van der Waals surface area contributed by atoms with E-state index in [1.54, 1.807) is 12.1 Å². The van der Waals surface area contributed by atoms with E-state index in [1.165, 1.54) is 18.2 Å². The minimum Gasteiger partial charge on any atom is -0.434 e. The smallest absolute Gasteiger partial charge is 0.387 e. The van der Waals surface area contributed by atoms with Gasteiger partial charge < -0.3 is 14.5 Å². The van der Waals surface area contributed by atoms with Crippen LogP contribution >= 0.6 is 15.9 Å². The Morgan fingerprint density at radius 3 is 2.96 bits per heavy atom. The lowest BCUT2D eigenvalue weighted by atomic mass is 10.2. The van der Waals surface area contributed by atoms with E-state index < -0.39 is 6.61 Å². The van der Waals surface area contributed by atoms with Gasteiger partial charge in [-0.05, 0) is 36.4 Å². The van der Waals surface area contributed by atoms with Crippen LogP contribution in [0.15, 0.2) is 59.3 Å². The third kappa shape index (κ3) is 5.37. The van der Waals surface area contributed by atoms with Crippen molar-refractivity contribution in [3.8, 4) is 5.75 Å². The molecular weight excluding hydrogens is 420 g/mol. The second kappa shape index (κ2) is 8.77. The van der Waals surface area contributed by atoms with Crippen LogP contribution in [0, 0.1) is 0 Å². The summed E-state index contributed by atoms with van der Waals surface area (Å²) >= 11 is 3.27. The van der Waals surface area contributed by atoms with Crippen molar-refractivity contribution < 1.29 is 18.3 Å². The normalized spacial score (nSPS) is 11.4. The summed E-state index contributed by atoms with van der Waals surface area (Å²) in [5, 5.41) is 2.74. The van der Waals surface area contributed by atoms with Gasteiger partial charge in [-0.2, -0.15) is 8.78 Å². The van der Waals surface area contributed by atoms with Crippen molar-refractivity contribution in [3.63, 3.8) is 0 Å². The van der Waals surface area contributed by atoms with Gasteiger partial charge in [0.2, 0.25) is 5.91 Å². The van der Waals surface area contributed by atoms with E-state index in [0.717, 1.165) is 11.3 Å². The van der Waals surface area contributed by atoms with Crippen molar-refractivity contribution in [1.82, 2.24) is 14.7 Å². The lowest BCUT2D eigenvalue weighted by molar-refractivity contribution is -0.116. The Labute approximate surface area is 162 Å². The second-order valence-electron chi connectivity index (χ2n) is 5.63. The molecule has 5 nitrogen and oxygen atoms in total. The standard InChI is InChI=1S/C19H16BrF2N3O2/c20-14-5-6-16(27-19(21)22)13(11-14)4-7-18(26)23-9-8-15-12-25-10-2-1-3-17(25)24-15/h1-7,10-12,19H,8-9H2,(H,23,26)/b7-4+. The number of ether oxygens (including phenoxy) is 1. The fourth-order valence-electron chi connectivity index (χ4n) is 2.50. The number of amides is 1. The Morgan fingerprint density at radius 2 is 2.19 bits per heavy atom. The van der Waals surface area contributed by atoms with Crippen LogP contribution in [-0.2, 0) is 11.2 Å². The molecule has 1 N–H and O–H groups in total. The Balaban J connectivity index is 1.56. The molecule has 1 amide bonds. The van der Waals surface area contributed by atoms with Crippen LogP contribution in [-0.4, -0.2) is 28.4 Å². The maximum absolute atomic E-state index is 12.5. The highest BCUT2D eigenvalue weighted by molar-refractivity contribution is 9.10. The summed E-state index contributed by atoms with van der Waals surface area (Å²) < 4.78 is 32.0. The zero-order valence-corrected chi connectivity index (χ0v) is 15.7. The molecule has 0 aliphatic rings. The van der Waals surface area contributed by atoms with Crippen molar-refractivity contribution in [2.45, 2.75) is 13.0 Å². The van der Waals surface area contributed by atoms with Crippen molar-refractivity contribution in [2.24, 2.45) is 0 Å². The molecule has 3 aromatic rings. The van der Waals surface area contributed by atoms with Crippen LogP contribution < -0.4 is 10.1 Å². The highest BCUT2D eigenvalue weighted by Gasteiger charge is 2.09. The van der Waals surface area contributed by atoms with Crippen molar-refractivity contribution in [2.75, 3.05) is 6.54 Å². The molecule has 27 heavy (non-hydrogen) atoms. The average molecular weight is 436 g/mol. The number of halogens is 3. The molecule has 1 aromatic carbocycles. The van der Waals surface area contributed by atoms with E-state index in [0.29, 0.717) is 23.0 Å². The predicted octanol–water partition coefficient (Wildman–Crippen LogP) is 4.07. The first-order chi connectivity index (χ1) is 13.0. The Kier molecular flexibility index (Phi) is 6.18. The van der Waals surface area contributed by atoms with Gasteiger partial charge in [0.25, 0.3) is 0 Å². The molecule has 0 radical (unpaired) electrons. The van der Waals surface area contributed by atoms with Crippen LogP contribution in [0.5, 0.6) is 5.75 Å². The Morgan fingerprint density at radius 1 is 1.33 bits per heavy atom. The minimum absolute atomic E-state index is 0.00181. The molecule has 0 aliphatic carbocycles.